The van der Waals surface area contributed by atoms with Crippen molar-refractivity contribution in [3.63, 3.8) is 0 Å². The van der Waals surface area contributed by atoms with Gasteiger partial charge in [-0.2, -0.15) is 0 Å². The van der Waals surface area contributed by atoms with Crippen molar-refractivity contribution >= 4 is 5.91 Å². The molecule has 2 atom stereocenters. The lowest BCUT2D eigenvalue weighted by Crippen LogP contribution is -2.48. The number of nitrogens with one attached hydrogen (secondary N) is 1. The molecule has 2 aromatic carbocycles. The molecule has 0 bridgehead atoms. The van der Waals surface area contributed by atoms with Crippen molar-refractivity contribution < 1.29 is 19.0 Å². The standard InChI is InChI=1S/C19H21NO4/c1-3-22-15-10-8-14(9-11-15)19(21)20-13(2)18-12-23-16-6-4-5-7-17(16)24-18/h4-11,13,18H,3,12H2,1-2H3,(H,20,21)/t13-,18-/m1/s1. The highest BCUT2D eigenvalue weighted by molar-refractivity contribution is 5.94. The number of rotatable bonds is 5. The first-order valence-electron chi connectivity index (χ1n) is 8.09. The highest BCUT2D eigenvalue weighted by Gasteiger charge is 2.27. The molecule has 1 aliphatic heterocycles. The van der Waals surface area contributed by atoms with E-state index in [9.17, 15) is 4.79 Å². The van der Waals surface area contributed by atoms with Gasteiger partial charge < -0.3 is 19.5 Å². The molecule has 0 fully saturated rings. The normalized spacial score (nSPS) is 17.0. The molecule has 5 heteroatoms. The highest BCUT2D eigenvalue weighted by Crippen LogP contribution is 2.31. The third-order valence-electron chi connectivity index (χ3n) is 3.87. The lowest BCUT2D eigenvalue weighted by Gasteiger charge is -2.30. The third kappa shape index (κ3) is 3.62. The second kappa shape index (κ2) is 7.25. The Hall–Kier alpha value is -2.69. The molecular weight excluding hydrogens is 306 g/mol. The van der Waals surface area contributed by atoms with Crippen LogP contribution in [0.15, 0.2) is 48.5 Å². The van der Waals surface area contributed by atoms with Gasteiger partial charge in [0.1, 0.15) is 12.4 Å². The van der Waals surface area contributed by atoms with E-state index in [0.717, 1.165) is 11.5 Å². The van der Waals surface area contributed by atoms with Crippen molar-refractivity contribution in [1.82, 2.24) is 5.32 Å². The molecule has 1 aliphatic rings. The van der Waals surface area contributed by atoms with Gasteiger partial charge in [-0.05, 0) is 50.2 Å². The quantitative estimate of drug-likeness (QED) is 0.917. The first kappa shape index (κ1) is 16.2. The summed E-state index contributed by atoms with van der Waals surface area (Å²) >= 11 is 0. The van der Waals surface area contributed by atoms with Gasteiger partial charge in [0, 0.05) is 5.56 Å². The molecule has 2 aromatic rings. The van der Waals surface area contributed by atoms with Crippen LogP contribution in [0.2, 0.25) is 0 Å². The van der Waals surface area contributed by atoms with Gasteiger partial charge in [-0.25, -0.2) is 0 Å². The fourth-order valence-corrected chi connectivity index (χ4v) is 2.53. The van der Waals surface area contributed by atoms with Gasteiger partial charge in [-0.1, -0.05) is 12.1 Å². The number of fused-ring (bicyclic) bond motifs is 1. The molecule has 3 rings (SSSR count). The SMILES string of the molecule is CCOc1ccc(C(=O)N[C@H](C)[C@H]2COc3ccccc3O2)cc1. The summed E-state index contributed by atoms with van der Waals surface area (Å²) in [5, 5.41) is 2.96. The summed E-state index contributed by atoms with van der Waals surface area (Å²) in [5.74, 6) is 2.05. The Morgan fingerprint density at radius 3 is 2.62 bits per heavy atom. The van der Waals surface area contributed by atoms with Crippen molar-refractivity contribution in [1.29, 1.82) is 0 Å². The molecule has 0 saturated carbocycles. The fraction of sp³-hybridized carbons (Fsp3) is 0.316. The van der Waals surface area contributed by atoms with Gasteiger partial charge in [0.2, 0.25) is 0 Å². The summed E-state index contributed by atoms with van der Waals surface area (Å²) in [6.07, 6.45) is -0.230. The highest BCUT2D eigenvalue weighted by atomic mass is 16.6. The zero-order valence-corrected chi connectivity index (χ0v) is 13.8. The average Bonchev–Trinajstić information content (AvgIpc) is 2.62. The molecule has 0 unspecified atom stereocenters. The first-order valence-corrected chi connectivity index (χ1v) is 8.09. The Bertz CT molecular complexity index is 699. The van der Waals surface area contributed by atoms with Crippen LogP contribution in [0, 0.1) is 0 Å². The maximum Gasteiger partial charge on any atom is 0.251 e. The largest absolute Gasteiger partial charge is 0.494 e. The molecule has 5 nitrogen and oxygen atoms in total. The van der Waals surface area contributed by atoms with E-state index in [-0.39, 0.29) is 18.1 Å². The van der Waals surface area contributed by atoms with Gasteiger partial charge in [-0.3, -0.25) is 4.79 Å². The second-order valence-electron chi connectivity index (χ2n) is 5.63. The predicted molar refractivity (Wildman–Crippen MR) is 90.9 cm³/mol. The number of benzene rings is 2. The number of ether oxygens (including phenoxy) is 3. The number of para-hydroxylation sites is 2. The Kier molecular flexibility index (Phi) is 4.89. The second-order valence-corrected chi connectivity index (χ2v) is 5.63. The lowest BCUT2D eigenvalue weighted by atomic mass is 10.1. The first-order chi connectivity index (χ1) is 11.7. The minimum Gasteiger partial charge on any atom is -0.494 e. The van der Waals surface area contributed by atoms with E-state index in [4.69, 9.17) is 14.2 Å². The van der Waals surface area contributed by atoms with Gasteiger partial charge >= 0.3 is 0 Å². The minimum absolute atomic E-state index is 0.145. The molecule has 0 aliphatic carbocycles. The maximum absolute atomic E-state index is 12.4. The number of hydrogen-bond acceptors (Lipinski definition) is 4. The Labute approximate surface area is 141 Å². The lowest BCUT2D eigenvalue weighted by molar-refractivity contribution is 0.0606. The number of hydrogen-bond donors (Lipinski definition) is 1. The molecule has 1 heterocycles. The van der Waals surface area contributed by atoms with Crippen LogP contribution >= 0.6 is 0 Å². The molecule has 0 spiro atoms. The van der Waals surface area contributed by atoms with Crippen LogP contribution in [0.25, 0.3) is 0 Å². The molecular formula is C19H21NO4. The van der Waals surface area contributed by atoms with E-state index in [1.807, 2.05) is 38.1 Å². The number of amides is 1. The monoisotopic (exact) mass is 327 g/mol. The zero-order valence-electron chi connectivity index (χ0n) is 13.8. The van der Waals surface area contributed by atoms with E-state index >= 15 is 0 Å². The summed E-state index contributed by atoms with van der Waals surface area (Å²) in [6.45, 7) is 4.84. The van der Waals surface area contributed by atoms with E-state index in [2.05, 4.69) is 5.32 Å². The fourth-order valence-electron chi connectivity index (χ4n) is 2.53. The van der Waals surface area contributed by atoms with Crippen LogP contribution in [-0.4, -0.2) is 31.3 Å². The maximum atomic E-state index is 12.4. The van der Waals surface area contributed by atoms with Crippen molar-refractivity contribution in [2.24, 2.45) is 0 Å². The molecule has 0 aromatic heterocycles. The van der Waals surface area contributed by atoms with Crippen LogP contribution in [0.3, 0.4) is 0 Å². The summed E-state index contributed by atoms with van der Waals surface area (Å²) < 4.78 is 17.0. The van der Waals surface area contributed by atoms with Crippen LogP contribution < -0.4 is 19.5 Å². The van der Waals surface area contributed by atoms with Crippen LogP contribution in [0.1, 0.15) is 24.2 Å². The zero-order chi connectivity index (χ0) is 16.9. The Morgan fingerprint density at radius 1 is 1.21 bits per heavy atom. The van der Waals surface area contributed by atoms with E-state index in [1.54, 1.807) is 24.3 Å². The van der Waals surface area contributed by atoms with Crippen LogP contribution in [-0.2, 0) is 0 Å². The van der Waals surface area contributed by atoms with Crippen LogP contribution in [0.5, 0.6) is 17.2 Å². The molecule has 1 N–H and O–H groups in total. The van der Waals surface area contributed by atoms with E-state index in [1.165, 1.54) is 0 Å². The van der Waals surface area contributed by atoms with Crippen LogP contribution in [0.4, 0.5) is 0 Å². The summed E-state index contributed by atoms with van der Waals surface area (Å²) in [6, 6.07) is 14.4. The summed E-state index contributed by atoms with van der Waals surface area (Å²) in [5.41, 5.74) is 0.586. The molecule has 24 heavy (non-hydrogen) atoms. The van der Waals surface area contributed by atoms with Gasteiger partial charge in [0.05, 0.1) is 12.6 Å². The van der Waals surface area contributed by atoms with Gasteiger partial charge in [0.15, 0.2) is 17.6 Å². The predicted octanol–water partition coefficient (Wildman–Crippen LogP) is 3.04. The topological polar surface area (TPSA) is 56.8 Å². The van der Waals surface area contributed by atoms with Gasteiger partial charge in [0.25, 0.3) is 5.91 Å². The third-order valence-corrected chi connectivity index (χ3v) is 3.87. The molecule has 1 amide bonds. The summed E-state index contributed by atoms with van der Waals surface area (Å²) in [4.78, 5) is 12.4. The summed E-state index contributed by atoms with van der Waals surface area (Å²) in [7, 11) is 0. The molecule has 0 saturated heterocycles. The molecule has 0 radical (unpaired) electrons. The van der Waals surface area contributed by atoms with Crippen molar-refractivity contribution in [3.8, 4) is 17.2 Å². The number of carbonyl (C=O) groups excluding carboxylic acids is 1. The number of carbonyl (C=O) groups is 1. The smallest absolute Gasteiger partial charge is 0.251 e. The van der Waals surface area contributed by atoms with E-state index in [0.29, 0.717) is 24.5 Å². The average molecular weight is 327 g/mol. The van der Waals surface area contributed by atoms with E-state index < -0.39 is 0 Å². The Balaban J connectivity index is 1.60. The Morgan fingerprint density at radius 2 is 1.92 bits per heavy atom. The minimum atomic E-state index is -0.230. The van der Waals surface area contributed by atoms with Crippen molar-refractivity contribution in [2.45, 2.75) is 26.0 Å². The molecule has 126 valence electrons. The van der Waals surface area contributed by atoms with Crippen molar-refractivity contribution in [2.75, 3.05) is 13.2 Å². The van der Waals surface area contributed by atoms with Gasteiger partial charge in [-0.15, -0.1) is 0 Å². The van der Waals surface area contributed by atoms with Crippen molar-refractivity contribution in [3.05, 3.63) is 54.1 Å².